The summed E-state index contributed by atoms with van der Waals surface area (Å²) in [5, 5.41) is 32.2. The van der Waals surface area contributed by atoms with Crippen LogP contribution in [0.1, 0.15) is 45.8 Å². The quantitative estimate of drug-likeness (QED) is 0.234. The molecule has 1 saturated carbocycles. The van der Waals surface area contributed by atoms with Gasteiger partial charge in [0.15, 0.2) is 37.5 Å². The van der Waals surface area contributed by atoms with Crippen molar-refractivity contribution < 1.29 is 37.7 Å². The van der Waals surface area contributed by atoms with E-state index in [1.807, 2.05) is 0 Å². The highest BCUT2D eigenvalue weighted by atomic mass is 35.5. The molecule has 2 aromatic heterocycles. The van der Waals surface area contributed by atoms with E-state index in [1.54, 1.807) is 0 Å². The second kappa shape index (κ2) is 8.89. The van der Waals surface area contributed by atoms with E-state index in [0.717, 1.165) is 44.2 Å². The van der Waals surface area contributed by atoms with Crippen LogP contribution >= 0.6 is 19.2 Å². The molecular weight excluding hydrogens is 515 g/mol. The van der Waals surface area contributed by atoms with Crippen LogP contribution in [0.25, 0.3) is 11.2 Å². The van der Waals surface area contributed by atoms with Crippen LogP contribution in [0, 0.1) is 0 Å². The van der Waals surface area contributed by atoms with Gasteiger partial charge in [0.25, 0.3) is 0 Å². The minimum Gasteiger partial charge on any atom is -0.387 e. The molecule has 5 N–H and O–H groups in total. The molecule has 2 aliphatic rings. The van der Waals surface area contributed by atoms with Crippen molar-refractivity contribution in [1.82, 2.24) is 25.0 Å². The van der Waals surface area contributed by atoms with Gasteiger partial charge < -0.3 is 30.1 Å². The molecule has 0 aromatic carbocycles. The molecule has 14 nitrogen and oxygen atoms in total. The number of sulfone groups is 1. The van der Waals surface area contributed by atoms with Gasteiger partial charge in [-0.25, -0.2) is 8.42 Å². The summed E-state index contributed by atoms with van der Waals surface area (Å²) in [5.41, 5.74) is 0.344. The second-order valence-corrected chi connectivity index (χ2v) is 14.4. The van der Waals surface area contributed by atoms with Crippen LogP contribution in [0.2, 0.25) is 5.28 Å². The summed E-state index contributed by atoms with van der Waals surface area (Å²) in [6, 6.07) is 0.182. The third-order valence-corrected chi connectivity index (χ3v) is 11.8. The first-order chi connectivity index (χ1) is 15.7. The van der Waals surface area contributed by atoms with Crippen LogP contribution in [0.15, 0.2) is 0 Å². The molecule has 0 spiro atoms. The van der Waals surface area contributed by atoms with Crippen LogP contribution in [0.5, 0.6) is 0 Å². The van der Waals surface area contributed by atoms with E-state index in [0.29, 0.717) is 5.82 Å². The van der Waals surface area contributed by atoms with E-state index in [4.69, 9.17) is 16.3 Å². The van der Waals surface area contributed by atoms with Crippen molar-refractivity contribution in [2.24, 2.45) is 0 Å². The van der Waals surface area contributed by atoms with Gasteiger partial charge in [-0.05, 0) is 38.3 Å². The molecule has 0 bridgehead atoms. The zero-order valence-electron chi connectivity index (χ0n) is 18.3. The summed E-state index contributed by atoms with van der Waals surface area (Å²) in [6.07, 6.45) is -2.15. The Bertz CT molecular complexity index is 1230. The number of hydrogen-bond acceptors (Lipinski definition) is 11. The van der Waals surface area contributed by atoms with Gasteiger partial charge in [0, 0.05) is 6.04 Å². The van der Waals surface area contributed by atoms with E-state index in [-0.39, 0.29) is 22.5 Å². The molecule has 17 heteroatoms. The van der Waals surface area contributed by atoms with Crippen LogP contribution in [-0.2, 0) is 19.1 Å². The molecule has 0 radical (unpaired) electrons. The third-order valence-electron chi connectivity index (χ3n) is 6.42. The molecule has 4 rings (SSSR count). The van der Waals surface area contributed by atoms with Crippen LogP contribution in [-0.4, -0.2) is 88.0 Å². The number of ether oxygens (including phenoxy) is 1. The minimum atomic E-state index is -5.06. The predicted molar refractivity (Wildman–Crippen MR) is 120 cm³/mol. The lowest BCUT2D eigenvalue weighted by atomic mass is 10.1. The topological polar surface area (TPSA) is 210 Å². The number of nitrogens with one attached hydrogen (secondary N) is 1. The van der Waals surface area contributed by atoms with Crippen molar-refractivity contribution in [3.05, 3.63) is 5.28 Å². The summed E-state index contributed by atoms with van der Waals surface area (Å²) < 4.78 is 41.4. The number of aliphatic hydroxyl groups is 2. The van der Waals surface area contributed by atoms with E-state index < -0.39 is 52.2 Å². The van der Waals surface area contributed by atoms with E-state index in [2.05, 4.69) is 25.6 Å². The van der Waals surface area contributed by atoms with Gasteiger partial charge in [-0.3, -0.25) is 4.57 Å². The number of hydrogen-bond donors (Lipinski definition) is 5. The first-order valence-electron chi connectivity index (χ1n) is 10.6. The fourth-order valence-electron chi connectivity index (χ4n) is 4.01. The average Bonchev–Trinajstić information content (AvgIpc) is 3.43. The second-order valence-electron chi connectivity index (χ2n) is 8.99. The third kappa shape index (κ3) is 4.44. The summed E-state index contributed by atoms with van der Waals surface area (Å²) in [4.78, 5) is 27.2. The maximum absolute atomic E-state index is 12.7. The zero-order chi connectivity index (χ0) is 25.1. The molecule has 4 atom stereocenters. The normalized spacial score (nSPS) is 27.0. The van der Waals surface area contributed by atoms with Crippen molar-refractivity contribution in [1.29, 1.82) is 0 Å². The van der Waals surface area contributed by atoms with Crippen molar-refractivity contribution in [2.45, 2.75) is 74.6 Å². The number of anilines is 1. The molecule has 1 saturated heterocycles. The van der Waals surface area contributed by atoms with Crippen LogP contribution in [0.4, 0.5) is 5.82 Å². The van der Waals surface area contributed by atoms with Gasteiger partial charge in [-0.15, -0.1) is 5.10 Å². The van der Waals surface area contributed by atoms with Gasteiger partial charge in [0.1, 0.15) is 18.3 Å². The predicted octanol–water partition coefficient (Wildman–Crippen LogP) is 0.177. The number of aromatic nitrogens is 5. The molecule has 1 aliphatic carbocycles. The molecule has 2 fully saturated rings. The first-order valence-corrected chi connectivity index (χ1v) is 14.2. The Morgan fingerprint density at radius 2 is 1.85 bits per heavy atom. The van der Waals surface area contributed by atoms with E-state index >= 15 is 0 Å². The van der Waals surface area contributed by atoms with E-state index in [9.17, 15) is 33.0 Å². The molecule has 3 heterocycles. The van der Waals surface area contributed by atoms with Crippen molar-refractivity contribution in [3.8, 4) is 0 Å². The Hall–Kier alpha value is -1.45. The maximum atomic E-state index is 12.7. The molecular formula is C17H26ClN6O8PS. The van der Waals surface area contributed by atoms with Gasteiger partial charge in [0.05, 0.1) is 5.75 Å². The van der Waals surface area contributed by atoms with Gasteiger partial charge in [-0.1, -0.05) is 18.1 Å². The Kier molecular flexibility index (Phi) is 6.70. The summed E-state index contributed by atoms with van der Waals surface area (Å²) in [7, 11) is -9.54. The van der Waals surface area contributed by atoms with Gasteiger partial charge in [0.2, 0.25) is 5.28 Å². The van der Waals surface area contributed by atoms with Crippen LogP contribution in [0.3, 0.4) is 0 Å². The Morgan fingerprint density at radius 1 is 1.21 bits per heavy atom. The molecule has 0 unspecified atom stereocenters. The average molecular weight is 541 g/mol. The Morgan fingerprint density at radius 3 is 2.47 bits per heavy atom. The van der Waals surface area contributed by atoms with Crippen molar-refractivity contribution >= 4 is 46.0 Å². The van der Waals surface area contributed by atoms with E-state index in [1.165, 1.54) is 0 Å². The lowest BCUT2D eigenvalue weighted by Crippen LogP contribution is -2.41. The molecule has 2 aromatic rings. The van der Waals surface area contributed by atoms with Crippen molar-refractivity contribution in [2.75, 3.05) is 11.1 Å². The Labute approximate surface area is 199 Å². The zero-order valence-corrected chi connectivity index (χ0v) is 20.8. The van der Waals surface area contributed by atoms with Gasteiger partial charge in [-0.2, -0.15) is 14.6 Å². The van der Waals surface area contributed by atoms with Crippen molar-refractivity contribution in [3.63, 3.8) is 0 Å². The summed E-state index contributed by atoms with van der Waals surface area (Å²) in [5.74, 6) is -0.597. The number of fused-ring (bicyclic) bond motifs is 1. The standard InChI is InChI=1S/C17H26ClN6O8PS/c1-17(2,33(27,28)29)34(30,31)7-9-11(25)12(26)15(32-9)24-14-10(22-23-24)13(20-16(18)21-14)19-8-5-3-4-6-8/h8-9,11-12,15,25-26H,3-7H2,1-2H3,(H,19,20,21)(H2,27,28,29)/t9-,11-,12-,15-/m1/s1. The Balaban J connectivity index is 1.62. The maximum Gasteiger partial charge on any atom is 0.346 e. The largest absolute Gasteiger partial charge is 0.387 e. The SMILES string of the molecule is CC(C)(P(=O)(O)O)S(=O)(=O)C[C@H]1O[C@@H](n2nnc3c(NC4CCCC4)nc(Cl)nc32)[C@H](O)[C@@H]1O. The van der Waals surface area contributed by atoms with Crippen LogP contribution < -0.4 is 5.32 Å². The summed E-state index contributed by atoms with van der Waals surface area (Å²) in [6.45, 7) is 1.78. The number of rotatable bonds is 7. The smallest absolute Gasteiger partial charge is 0.346 e. The monoisotopic (exact) mass is 540 g/mol. The fourth-order valence-corrected chi connectivity index (χ4v) is 6.96. The highest BCUT2D eigenvalue weighted by molar-refractivity contribution is 7.99. The lowest BCUT2D eigenvalue weighted by molar-refractivity contribution is -0.0376. The lowest BCUT2D eigenvalue weighted by Gasteiger charge is -2.27. The van der Waals surface area contributed by atoms with Gasteiger partial charge >= 0.3 is 7.60 Å². The molecule has 0 amide bonds. The molecule has 1 aliphatic heterocycles. The molecule has 34 heavy (non-hydrogen) atoms. The number of aliphatic hydroxyl groups excluding tert-OH is 2. The fraction of sp³-hybridized carbons (Fsp3) is 0.765. The minimum absolute atomic E-state index is 0.0933. The highest BCUT2D eigenvalue weighted by Crippen LogP contribution is 2.54. The number of halogens is 1. The molecule has 190 valence electrons. The first kappa shape index (κ1) is 25.6. The highest BCUT2D eigenvalue weighted by Gasteiger charge is 2.54. The number of nitrogens with zero attached hydrogens (tertiary/aromatic N) is 5. The summed E-state index contributed by atoms with van der Waals surface area (Å²) >= 11 is 6.08.